The summed E-state index contributed by atoms with van der Waals surface area (Å²) in [5, 5.41) is 19.9. The van der Waals surface area contributed by atoms with Crippen molar-refractivity contribution in [2.24, 2.45) is 5.73 Å². The number of benzene rings is 2. The highest BCUT2D eigenvalue weighted by atomic mass is 35.5. The molecule has 2 aromatic carbocycles. The van der Waals surface area contributed by atoms with Crippen molar-refractivity contribution in [3.63, 3.8) is 0 Å². The van der Waals surface area contributed by atoms with E-state index in [0.29, 0.717) is 22.8 Å². The van der Waals surface area contributed by atoms with Crippen LogP contribution in [0.1, 0.15) is 17.5 Å². The molecule has 1 aliphatic rings. The number of nitrogens with two attached hydrogens (primary N) is 1. The highest BCUT2D eigenvalue weighted by Crippen LogP contribution is 2.35. The molecule has 0 aliphatic carbocycles. The fourth-order valence-corrected chi connectivity index (χ4v) is 3.33. The maximum atomic E-state index is 12.8. The van der Waals surface area contributed by atoms with Gasteiger partial charge in [0.25, 0.3) is 0 Å². The van der Waals surface area contributed by atoms with E-state index >= 15 is 0 Å². The molecule has 0 saturated heterocycles. The van der Waals surface area contributed by atoms with Crippen LogP contribution in [0.2, 0.25) is 5.02 Å². The van der Waals surface area contributed by atoms with Crippen LogP contribution in [0, 0.1) is 0 Å². The Morgan fingerprint density at radius 3 is 2.83 bits per heavy atom. The van der Waals surface area contributed by atoms with Crippen molar-refractivity contribution in [3.8, 4) is 11.5 Å². The number of amides is 1. The second-order valence-electron chi connectivity index (χ2n) is 5.96. The third-order valence-electron chi connectivity index (χ3n) is 4.26. The number of halogens is 1. The Balaban J connectivity index is 1.82. The van der Waals surface area contributed by atoms with Gasteiger partial charge >= 0.3 is 0 Å². The number of carbonyl (C=O) groups excluding carboxylic acids is 1. The molecule has 0 aromatic heterocycles. The SMILES string of the molecule is N[C@@H](Cc1ccc(O)cc1Cl)C(=O)N1CCCc2cccc(O)c21. The molecular weight excluding hydrogens is 328 g/mol. The number of rotatable bonds is 3. The van der Waals surface area contributed by atoms with Gasteiger partial charge in [-0.25, -0.2) is 0 Å². The van der Waals surface area contributed by atoms with E-state index in [9.17, 15) is 15.0 Å². The Kier molecular flexibility index (Phi) is 4.64. The first kappa shape index (κ1) is 16.6. The Bertz CT molecular complexity index is 779. The minimum absolute atomic E-state index is 0.0681. The first-order valence-corrected chi connectivity index (χ1v) is 8.20. The zero-order valence-corrected chi connectivity index (χ0v) is 13.8. The third kappa shape index (κ3) is 3.18. The van der Waals surface area contributed by atoms with E-state index in [1.807, 2.05) is 6.07 Å². The predicted octanol–water partition coefficient (Wildman–Crippen LogP) is 2.60. The zero-order chi connectivity index (χ0) is 17.3. The van der Waals surface area contributed by atoms with Crippen molar-refractivity contribution in [2.45, 2.75) is 25.3 Å². The minimum Gasteiger partial charge on any atom is -0.508 e. The molecule has 0 saturated carbocycles. The summed E-state index contributed by atoms with van der Waals surface area (Å²) in [5.74, 6) is -0.0875. The Morgan fingerprint density at radius 2 is 2.08 bits per heavy atom. The molecule has 0 bridgehead atoms. The van der Waals surface area contributed by atoms with Crippen LogP contribution in [-0.4, -0.2) is 28.7 Å². The Hall–Kier alpha value is -2.24. The smallest absolute Gasteiger partial charge is 0.244 e. The van der Waals surface area contributed by atoms with Gasteiger partial charge < -0.3 is 20.8 Å². The van der Waals surface area contributed by atoms with Crippen LogP contribution in [0.5, 0.6) is 11.5 Å². The number of aryl methyl sites for hydroxylation is 1. The first-order chi connectivity index (χ1) is 11.5. The molecule has 1 heterocycles. The van der Waals surface area contributed by atoms with Crippen molar-refractivity contribution in [1.82, 2.24) is 0 Å². The predicted molar refractivity (Wildman–Crippen MR) is 93.6 cm³/mol. The number of anilines is 1. The highest BCUT2D eigenvalue weighted by molar-refractivity contribution is 6.31. The number of phenolic OH excluding ortho intramolecular Hbond substituents is 2. The van der Waals surface area contributed by atoms with Gasteiger partial charge in [0.05, 0.1) is 11.7 Å². The topological polar surface area (TPSA) is 86.8 Å². The molecule has 126 valence electrons. The van der Waals surface area contributed by atoms with Gasteiger partial charge in [-0.1, -0.05) is 29.8 Å². The molecule has 0 fully saturated rings. The van der Waals surface area contributed by atoms with Gasteiger partial charge in [0.15, 0.2) is 0 Å². The number of hydrogen-bond acceptors (Lipinski definition) is 4. The fourth-order valence-electron chi connectivity index (χ4n) is 3.08. The van der Waals surface area contributed by atoms with E-state index < -0.39 is 6.04 Å². The van der Waals surface area contributed by atoms with E-state index in [4.69, 9.17) is 17.3 Å². The van der Waals surface area contributed by atoms with Crippen LogP contribution >= 0.6 is 11.6 Å². The summed E-state index contributed by atoms with van der Waals surface area (Å²) < 4.78 is 0. The van der Waals surface area contributed by atoms with Gasteiger partial charge in [-0.2, -0.15) is 0 Å². The Labute approximate surface area is 145 Å². The van der Waals surface area contributed by atoms with Crippen molar-refractivity contribution < 1.29 is 15.0 Å². The summed E-state index contributed by atoms with van der Waals surface area (Å²) in [6.45, 7) is 0.528. The van der Waals surface area contributed by atoms with Crippen molar-refractivity contribution in [1.29, 1.82) is 0 Å². The molecule has 1 atom stereocenters. The summed E-state index contributed by atoms with van der Waals surface area (Å²) >= 11 is 6.09. The molecule has 6 heteroatoms. The van der Waals surface area contributed by atoms with Crippen LogP contribution in [0.15, 0.2) is 36.4 Å². The van der Waals surface area contributed by atoms with Crippen LogP contribution in [0.3, 0.4) is 0 Å². The number of fused-ring (bicyclic) bond motifs is 1. The van der Waals surface area contributed by atoms with E-state index in [1.165, 1.54) is 12.1 Å². The van der Waals surface area contributed by atoms with Gasteiger partial charge in [0.2, 0.25) is 5.91 Å². The second-order valence-corrected chi connectivity index (χ2v) is 6.37. The highest BCUT2D eigenvalue weighted by Gasteiger charge is 2.29. The molecule has 0 radical (unpaired) electrons. The number of aromatic hydroxyl groups is 2. The minimum atomic E-state index is -0.780. The molecule has 5 nitrogen and oxygen atoms in total. The van der Waals surface area contributed by atoms with Crippen molar-refractivity contribution in [3.05, 3.63) is 52.5 Å². The third-order valence-corrected chi connectivity index (χ3v) is 4.61. The first-order valence-electron chi connectivity index (χ1n) is 7.82. The lowest BCUT2D eigenvalue weighted by atomic mass is 9.99. The number of nitrogens with zero attached hydrogens (tertiary/aromatic N) is 1. The van der Waals surface area contributed by atoms with E-state index in [2.05, 4.69) is 0 Å². The van der Waals surface area contributed by atoms with Gasteiger partial charge in [-0.15, -0.1) is 0 Å². The van der Waals surface area contributed by atoms with Crippen LogP contribution < -0.4 is 10.6 Å². The maximum absolute atomic E-state index is 12.8. The molecule has 3 rings (SSSR count). The summed E-state index contributed by atoms with van der Waals surface area (Å²) in [6, 6.07) is 9.09. The average Bonchev–Trinajstić information content (AvgIpc) is 2.56. The van der Waals surface area contributed by atoms with Crippen molar-refractivity contribution in [2.75, 3.05) is 11.4 Å². The average molecular weight is 347 g/mol. The van der Waals surface area contributed by atoms with Crippen LogP contribution in [0.25, 0.3) is 0 Å². The zero-order valence-electron chi connectivity index (χ0n) is 13.1. The molecule has 4 N–H and O–H groups in total. The number of carbonyl (C=O) groups is 1. The monoisotopic (exact) mass is 346 g/mol. The van der Waals surface area contributed by atoms with Crippen molar-refractivity contribution >= 4 is 23.2 Å². The normalized spacial score (nSPS) is 15.0. The fraction of sp³-hybridized carbons (Fsp3) is 0.278. The van der Waals surface area contributed by atoms with Gasteiger partial charge in [-0.05, 0) is 48.6 Å². The largest absolute Gasteiger partial charge is 0.508 e. The lowest BCUT2D eigenvalue weighted by molar-refractivity contribution is -0.119. The molecule has 0 unspecified atom stereocenters. The lowest BCUT2D eigenvalue weighted by Gasteiger charge is -2.32. The molecule has 1 amide bonds. The molecular formula is C18H19ClN2O3. The lowest BCUT2D eigenvalue weighted by Crippen LogP contribution is -2.47. The number of phenols is 2. The summed E-state index contributed by atoms with van der Waals surface area (Å²) in [4.78, 5) is 14.4. The van der Waals surface area contributed by atoms with E-state index in [-0.39, 0.29) is 23.8 Å². The van der Waals surface area contributed by atoms with Crippen LogP contribution in [-0.2, 0) is 17.6 Å². The van der Waals surface area contributed by atoms with Crippen LogP contribution in [0.4, 0.5) is 5.69 Å². The molecule has 24 heavy (non-hydrogen) atoms. The summed E-state index contributed by atoms with van der Waals surface area (Å²) in [7, 11) is 0. The van der Waals surface area contributed by atoms with E-state index in [0.717, 1.165) is 18.4 Å². The molecule has 2 aromatic rings. The maximum Gasteiger partial charge on any atom is 0.244 e. The number of para-hydroxylation sites is 1. The second kappa shape index (κ2) is 6.71. The quantitative estimate of drug-likeness (QED) is 0.797. The Morgan fingerprint density at radius 1 is 1.29 bits per heavy atom. The van der Waals surface area contributed by atoms with Gasteiger partial charge in [0, 0.05) is 11.6 Å². The number of hydrogen-bond donors (Lipinski definition) is 3. The van der Waals surface area contributed by atoms with Gasteiger partial charge in [0.1, 0.15) is 11.5 Å². The van der Waals surface area contributed by atoms with Gasteiger partial charge in [-0.3, -0.25) is 4.79 Å². The van der Waals surface area contributed by atoms with E-state index in [1.54, 1.807) is 23.1 Å². The summed E-state index contributed by atoms with van der Waals surface area (Å²) in [6.07, 6.45) is 1.92. The standard InChI is InChI=1S/C18H19ClN2O3/c19-14-10-13(22)7-6-12(14)9-15(20)18(24)21-8-2-4-11-3-1-5-16(23)17(11)21/h1,3,5-7,10,15,22-23H,2,4,8-9,20H2/t15-/m0/s1. The summed E-state index contributed by atoms with van der Waals surface area (Å²) in [5.41, 5.74) is 8.30. The molecule has 1 aliphatic heterocycles. The molecule has 0 spiro atoms.